The van der Waals surface area contributed by atoms with Gasteiger partial charge in [-0.05, 0) is 51.8 Å². The number of hydrogen-bond acceptors (Lipinski definition) is 4. The molecule has 1 aromatic carbocycles. The molecule has 0 spiro atoms. The van der Waals surface area contributed by atoms with Crippen molar-refractivity contribution in [2.45, 2.75) is 0 Å². The highest BCUT2D eigenvalue weighted by Gasteiger charge is 2.12. The van der Waals surface area contributed by atoms with Gasteiger partial charge in [0.25, 0.3) is 5.69 Å². The fraction of sp³-hybridized carbons (Fsp3) is 0. The van der Waals surface area contributed by atoms with Gasteiger partial charge in [0.05, 0.1) is 4.92 Å². The molecule has 0 atom stereocenters. The number of allylic oxidation sites excluding steroid dienone is 1. The lowest BCUT2D eigenvalue weighted by Crippen LogP contribution is -1.88. The Labute approximate surface area is 127 Å². The topological polar surface area (TPSA) is 73.3 Å². The molecule has 0 radical (unpaired) electrons. The van der Waals surface area contributed by atoms with Gasteiger partial charge in [-0.25, -0.2) is 0 Å². The standard InChI is InChI=1S/C13H7BrClNO4/c14-11-7-8(16(18)19)1-4-10(11)12-5-2-9(20-12)3-6-13(15)17/h1-7H/b6-3+. The Balaban J connectivity index is 2.33. The van der Waals surface area contributed by atoms with E-state index in [9.17, 15) is 14.9 Å². The van der Waals surface area contributed by atoms with E-state index < -0.39 is 10.2 Å². The van der Waals surface area contributed by atoms with Gasteiger partial charge in [-0.15, -0.1) is 0 Å². The van der Waals surface area contributed by atoms with Crippen molar-refractivity contribution in [3.63, 3.8) is 0 Å². The molecule has 0 fully saturated rings. The molecule has 5 nitrogen and oxygen atoms in total. The summed E-state index contributed by atoms with van der Waals surface area (Å²) in [7, 11) is 0. The van der Waals surface area contributed by atoms with Gasteiger partial charge in [0, 0.05) is 28.2 Å². The minimum Gasteiger partial charge on any atom is -0.457 e. The van der Waals surface area contributed by atoms with Crippen LogP contribution >= 0.6 is 27.5 Å². The number of carbonyl (C=O) groups is 1. The Kier molecular flexibility index (Phi) is 4.36. The van der Waals surface area contributed by atoms with Gasteiger partial charge in [0.2, 0.25) is 5.24 Å². The second kappa shape index (κ2) is 6.02. The molecule has 20 heavy (non-hydrogen) atoms. The van der Waals surface area contributed by atoms with Crippen LogP contribution in [0.25, 0.3) is 17.4 Å². The van der Waals surface area contributed by atoms with E-state index in [2.05, 4.69) is 15.9 Å². The van der Waals surface area contributed by atoms with Crippen molar-refractivity contribution < 1.29 is 14.1 Å². The minimum atomic E-state index is -0.598. The van der Waals surface area contributed by atoms with Gasteiger partial charge >= 0.3 is 0 Å². The Hall–Kier alpha value is -1.92. The highest BCUT2D eigenvalue weighted by Crippen LogP contribution is 2.32. The molecule has 7 heteroatoms. The summed E-state index contributed by atoms with van der Waals surface area (Å²) in [4.78, 5) is 20.8. The molecule has 0 saturated heterocycles. The van der Waals surface area contributed by atoms with Crippen LogP contribution in [-0.2, 0) is 4.79 Å². The average Bonchev–Trinajstić information content (AvgIpc) is 2.84. The average molecular weight is 357 g/mol. The smallest absolute Gasteiger partial charge is 0.270 e. The van der Waals surface area contributed by atoms with Crippen molar-refractivity contribution in [1.82, 2.24) is 0 Å². The summed E-state index contributed by atoms with van der Waals surface area (Å²) >= 11 is 8.45. The van der Waals surface area contributed by atoms with E-state index in [0.29, 0.717) is 21.6 Å². The second-order valence-electron chi connectivity index (χ2n) is 3.76. The zero-order chi connectivity index (χ0) is 14.7. The normalized spacial score (nSPS) is 10.9. The van der Waals surface area contributed by atoms with Crippen LogP contribution in [0.2, 0.25) is 0 Å². The highest BCUT2D eigenvalue weighted by atomic mass is 79.9. The van der Waals surface area contributed by atoms with Gasteiger partial charge in [-0.1, -0.05) is 0 Å². The van der Waals surface area contributed by atoms with Crippen molar-refractivity contribution in [3.05, 3.63) is 56.8 Å². The number of nitrogens with zero attached hydrogens (tertiary/aromatic N) is 1. The van der Waals surface area contributed by atoms with Crippen LogP contribution < -0.4 is 0 Å². The van der Waals surface area contributed by atoms with Crippen LogP contribution in [-0.4, -0.2) is 10.2 Å². The van der Waals surface area contributed by atoms with Crippen molar-refractivity contribution in [3.8, 4) is 11.3 Å². The molecule has 102 valence electrons. The van der Waals surface area contributed by atoms with Crippen LogP contribution in [0.5, 0.6) is 0 Å². The van der Waals surface area contributed by atoms with E-state index in [1.165, 1.54) is 24.3 Å². The SMILES string of the molecule is O=C(Cl)/C=C/c1ccc(-c2ccc([N+](=O)[O-])cc2Br)o1. The fourth-order valence-electron chi connectivity index (χ4n) is 1.55. The molecule has 0 aliphatic heterocycles. The Morgan fingerprint density at radius 2 is 2.10 bits per heavy atom. The highest BCUT2D eigenvalue weighted by molar-refractivity contribution is 9.10. The number of benzene rings is 1. The van der Waals surface area contributed by atoms with Crippen molar-refractivity contribution in [1.29, 1.82) is 0 Å². The van der Waals surface area contributed by atoms with E-state index in [1.807, 2.05) is 0 Å². The first kappa shape index (κ1) is 14.5. The van der Waals surface area contributed by atoms with Crippen molar-refractivity contribution in [2.24, 2.45) is 0 Å². The second-order valence-corrected chi connectivity index (χ2v) is 4.99. The predicted molar refractivity (Wildman–Crippen MR) is 78.4 cm³/mol. The molecule has 1 aromatic heterocycles. The molecule has 1 heterocycles. The van der Waals surface area contributed by atoms with Gasteiger partial charge in [0.1, 0.15) is 11.5 Å². The number of halogens is 2. The zero-order valence-corrected chi connectivity index (χ0v) is 12.2. The monoisotopic (exact) mass is 355 g/mol. The lowest BCUT2D eigenvalue weighted by molar-refractivity contribution is -0.384. The molecule has 0 aliphatic carbocycles. The summed E-state index contributed by atoms with van der Waals surface area (Å²) in [6.45, 7) is 0. The molecule has 0 amide bonds. The minimum absolute atomic E-state index is 0.0139. The maximum Gasteiger partial charge on any atom is 0.270 e. The van der Waals surface area contributed by atoms with Crippen LogP contribution in [0.15, 0.2) is 45.3 Å². The maximum atomic E-state index is 10.7. The van der Waals surface area contributed by atoms with Crippen LogP contribution in [0.1, 0.15) is 5.76 Å². The van der Waals surface area contributed by atoms with Crippen molar-refractivity contribution >= 4 is 44.5 Å². The first-order valence-corrected chi connectivity index (χ1v) is 6.56. The number of furan rings is 1. The zero-order valence-electron chi connectivity index (χ0n) is 9.88. The summed E-state index contributed by atoms with van der Waals surface area (Å²) < 4.78 is 6.05. The fourth-order valence-corrected chi connectivity index (χ4v) is 2.18. The Morgan fingerprint density at radius 1 is 1.35 bits per heavy atom. The van der Waals surface area contributed by atoms with E-state index in [1.54, 1.807) is 18.2 Å². The molecule has 2 rings (SSSR count). The lowest BCUT2D eigenvalue weighted by Gasteiger charge is -2.00. The summed E-state index contributed by atoms with van der Waals surface area (Å²) in [5.41, 5.74) is 0.660. The lowest BCUT2D eigenvalue weighted by atomic mass is 10.1. The summed E-state index contributed by atoms with van der Waals surface area (Å²) in [6, 6.07) is 7.74. The number of nitro benzene ring substituents is 1. The van der Waals surface area contributed by atoms with Gasteiger partial charge in [-0.2, -0.15) is 0 Å². The first-order valence-electron chi connectivity index (χ1n) is 5.39. The number of nitro groups is 1. The van der Waals surface area contributed by atoms with Gasteiger partial charge in [-0.3, -0.25) is 14.9 Å². The molecule has 0 N–H and O–H groups in total. The molecule has 0 saturated carbocycles. The third-order valence-corrected chi connectivity index (χ3v) is 3.22. The van der Waals surface area contributed by atoms with Crippen LogP contribution in [0.3, 0.4) is 0 Å². The van der Waals surface area contributed by atoms with Crippen LogP contribution in [0, 0.1) is 10.1 Å². The third kappa shape index (κ3) is 3.34. The number of rotatable bonds is 4. The van der Waals surface area contributed by atoms with Gasteiger partial charge < -0.3 is 4.42 Å². The molecule has 0 aliphatic rings. The number of hydrogen-bond donors (Lipinski definition) is 0. The van der Waals surface area contributed by atoms with Crippen molar-refractivity contribution in [2.75, 3.05) is 0 Å². The van der Waals surface area contributed by atoms with Gasteiger partial charge in [0.15, 0.2) is 0 Å². The predicted octanol–water partition coefficient (Wildman–Crippen LogP) is 4.40. The van der Waals surface area contributed by atoms with E-state index in [-0.39, 0.29) is 5.69 Å². The summed E-state index contributed by atoms with van der Waals surface area (Å²) in [6.07, 6.45) is 2.62. The molecule has 0 unspecified atom stereocenters. The molecule has 2 aromatic rings. The Bertz CT molecular complexity index is 708. The van der Waals surface area contributed by atoms with Crippen LogP contribution in [0.4, 0.5) is 5.69 Å². The van der Waals surface area contributed by atoms with E-state index >= 15 is 0 Å². The molecular formula is C13H7BrClNO4. The number of carbonyl (C=O) groups excluding carboxylic acids is 1. The largest absolute Gasteiger partial charge is 0.457 e. The molecule has 0 bridgehead atoms. The maximum absolute atomic E-state index is 10.7. The summed E-state index contributed by atoms with van der Waals surface area (Å²) in [5, 5.41) is 10.1. The Morgan fingerprint density at radius 3 is 2.70 bits per heavy atom. The number of non-ortho nitro benzene ring substituents is 1. The molecular weight excluding hydrogens is 350 g/mol. The summed E-state index contributed by atoms with van der Waals surface area (Å²) in [5.74, 6) is 0.979. The quantitative estimate of drug-likeness (QED) is 0.352. The van der Waals surface area contributed by atoms with E-state index in [4.69, 9.17) is 16.0 Å². The first-order chi connectivity index (χ1) is 9.47. The third-order valence-electron chi connectivity index (χ3n) is 2.43. The van der Waals surface area contributed by atoms with E-state index in [0.717, 1.165) is 0 Å².